The summed E-state index contributed by atoms with van der Waals surface area (Å²) in [6.07, 6.45) is 0. The molecule has 1 unspecified atom stereocenters. The molecule has 0 aliphatic rings. The molecule has 6 heteroatoms. The van der Waals surface area contributed by atoms with Crippen LogP contribution in [0.3, 0.4) is 0 Å². The van der Waals surface area contributed by atoms with Crippen LogP contribution in [-0.2, 0) is 11.1 Å². The Hall–Kier alpha value is -2.83. The number of nitrogens with two attached hydrogens (primary N) is 2. The molecule has 24 heavy (non-hydrogen) atoms. The lowest BCUT2D eigenvalue weighted by atomic mass is 10.2. The molecule has 0 amide bonds. The summed E-state index contributed by atoms with van der Waals surface area (Å²) in [5, 5.41) is 0. The van der Waals surface area contributed by atoms with E-state index in [0.717, 1.165) is 17.1 Å². The van der Waals surface area contributed by atoms with Gasteiger partial charge in [-0.25, -0.2) is 4.21 Å². The van der Waals surface area contributed by atoms with Crippen LogP contribution in [0, 0.1) is 0 Å². The van der Waals surface area contributed by atoms with Gasteiger partial charge in [0.15, 0.2) is 11.1 Å². The number of nitrogen functional groups attached to an aromatic ring is 2. The molecule has 0 heterocycles. The molecule has 0 bridgehead atoms. The zero-order chi connectivity index (χ0) is 17.1. The number of rotatable bonds is 4. The van der Waals surface area contributed by atoms with Crippen molar-refractivity contribution < 1.29 is 8.76 Å². The zero-order valence-electron chi connectivity index (χ0n) is 12.8. The Morgan fingerprint density at radius 2 is 1.00 bits per heavy atom. The lowest BCUT2D eigenvalue weighted by Crippen LogP contribution is -2.10. The minimum atomic E-state index is -2.00. The molecular formula is C18H17N3O2S. The van der Waals surface area contributed by atoms with Gasteiger partial charge in [0.1, 0.15) is 0 Å². The molecule has 0 aromatic heterocycles. The number of anilines is 5. The molecule has 3 rings (SSSR count). The summed E-state index contributed by atoms with van der Waals surface area (Å²) in [6.45, 7) is 0. The average Bonchev–Trinajstić information content (AvgIpc) is 2.59. The second-order valence-corrected chi connectivity index (χ2v) is 6.23. The average molecular weight is 339 g/mol. The normalized spacial score (nSPS) is 11.9. The molecule has 5 nitrogen and oxygen atoms in total. The maximum atomic E-state index is 11.2. The van der Waals surface area contributed by atoms with Gasteiger partial charge in [-0.05, 0) is 72.8 Å². The predicted molar refractivity (Wildman–Crippen MR) is 99.0 cm³/mol. The summed E-state index contributed by atoms with van der Waals surface area (Å²) in [6, 6.07) is 21.9. The first-order chi connectivity index (χ1) is 11.5. The smallest absolute Gasteiger partial charge is 0.186 e. The third-order valence-electron chi connectivity index (χ3n) is 3.60. The monoisotopic (exact) mass is 339 g/mol. The fourth-order valence-corrected chi connectivity index (χ4v) is 2.77. The van der Waals surface area contributed by atoms with Gasteiger partial charge in [0.2, 0.25) is 0 Å². The highest BCUT2D eigenvalue weighted by Crippen LogP contribution is 2.35. The summed E-state index contributed by atoms with van der Waals surface area (Å²) < 4.78 is 20.3. The molecule has 0 radical (unpaired) electrons. The highest BCUT2D eigenvalue weighted by atomic mass is 32.2. The fraction of sp³-hybridized carbons (Fsp3) is 0. The van der Waals surface area contributed by atoms with Crippen molar-refractivity contribution in [3.63, 3.8) is 0 Å². The summed E-state index contributed by atoms with van der Waals surface area (Å²) >= 11 is -2.00. The van der Waals surface area contributed by atoms with Gasteiger partial charge < -0.3 is 20.9 Å². The van der Waals surface area contributed by atoms with Gasteiger partial charge in [0.05, 0.1) is 4.90 Å². The first-order valence-corrected chi connectivity index (χ1v) is 8.37. The van der Waals surface area contributed by atoms with E-state index in [9.17, 15) is 8.76 Å². The molecule has 0 fully saturated rings. The molecule has 0 aliphatic heterocycles. The lowest BCUT2D eigenvalue weighted by Gasteiger charge is -2.25. The number of nitrogens with zero attached hydrogens (tertiary/aromatic N) is 1. The van der Waals surface area contributed by atoms with E-state index >= 15 is 0 Å². The highest BCUT2D eigenvalue weighted by molar-refractivity contribution is 7.79. The second kappa shape index (κ2) is 6.74. The Labute approximate surface area is 142 Å². The first-order valence-electron chi connectivity index (χ1n) is 7.27. The predicted octanol–water partition coefficient (Wildman–Crippen LogP) is 3.90. The first kappa shape index (κ1) is 16.0. The van der Waals surface area contributed by atoms with Crippen molar-refractivity contribution in [2.24, 2.45) is 0 Å². The molecular weight excluding hydrogens is 322 g/mol. The number of hydrogen-bond acceptors (Lipinski definition) is 4. The highest BCUT2D eigenvalue weighted by Gasteiger charge is 2.12. The van der Waals surface area contributed by atoms with Crippen molar-refractivity contribution in [3.05, 3.63) is 72.8 Å². The Bertz CT molecular complexity index is 801. The van der Waals surface area contributed by atoms with Gasteiger partial charge in [0.25, 0.3) is 0 Å². The van der Waals surface area contributed by atoms with Crippen molar-refractivity contribution in [3.8, 4) is 0 Å². The van der Waals surface area contributed by atoms with Crippen molar-refractivity contribution in [2.45, 2.75) is 4.90 Å². The van der Waals surface area contributed by atoms with Crippen LogP contribution in [0.15, 0.2) is 77.7 Å². The van der Waals surface area contributed by atoms with Crippen LogP contribution in [0.2, 0.25) is 0 Å². The SMILES string of the molecule is Nc1ccc(N(c2ccc(N)cc2)c2ccc(S(=O)O)cc2)cc1. The van der Waals surface area contributed by atoms with Crippen LogP contribution >= 0.6 is 0 Å². The minimum absolute atomic E-state index is 0.355. The Balaban J connectivity index is 2.08. The Kier molecular flexibility index (Phi) is 4.50. The second-order valence-electron chi connectivity index (χ2n) is 5.26. The lowest BCUT2D eigenvalue weighted by molar-refractivity contribution is 0.564. The van der Waals surface area contributed by atoms with Gasteiger partial charge in [0, 0.05) is 28.4 Å². The largest absolute Gasteiger partial charge is 0.399 e. The van der Waals surface area contributed by atoms with E-state index in [2.05, 4.69) is 0 Å². The Morgan fingerprint density at radius 3 is 1.33 bits per heavy atom. The van der Waals surface area contributed by atoms with Crippen LogP contribution in [0.5, 0.6) is 0 Å². The summed E-state index contributed by atoms with van der Waals surface area (Å²) in [7, 11) is 0. The van der Waals surface area contributed by atoms with E-state index < -0.39 is 11.1 Å². The van der Waals surface area contributed by atoms with Gasteiger partial charge in [-0.15, -0.1) is 0 Å². The van der Waals surface area contributed by atoms with Gasteiger partial charge in [-0.1, -0.05) is 0 Å². The molecule has 0 saturated carbocycles. The molecule has 0 spiro atoms. The molecule has 0 aliphatic carbocycles. The maximum Gasteiger partial charge on any atom is 0.186 e. The van der Waals surface area contributed by atoms with Crippen LogP contribution in [-0.4, -0.2) is 8.76 Å². The van der Waals surface area contributed by atoms with Gasteiger partial charge in [-0.3, -0.25) is 0 Å². The van der Waals surface area contributed by atoms with Crippen LogP contribution in [0.1, 0.15) is 0 Å². The Morgan fingerprint density at radius 1 is 0.667 bits per heavy atom. The maximum absolute atomic E-state index is 11.2. The van der Waals surface area contributed by atoms with Crippen molar-refractivity contribution >= 4 is 39.5 Å². The summed E-state index contributed by atoms with van der Waals surface area (Å²) in [4.78, 5) is 2.37. The van der Waals surface area contributed by atoms with Crippen LogP contribution in [0.4, 0.5) is 28.4 Å². The van der Waals surface area contributed by atoms with E-state index in [1.165, 1.54) is 0 Å². The third-order valence-corrected chi connectivity index (χ3v) is 4.27. The van der Waals surface area contributed by atoms with E-state index in [-0.39, 0.29) is 0 Å². The van der Waals surface area contributed by atoms with Crippen LogP contribution in [0.25, 0.3) is 0 Å². The summed E-state index contributed by atoms with van der Waals surface area (Å²) in [5.74, 6) is 0. The topological polar surface area (TPSA) is 92.6 Å². The van der Waals surface area contributed by atoms with Crippen molar-refractivity contribution in [1.82, 2.24) is 0 Å². The molecule has 1 atom stereocenters. The van der Waals surface area contributed by atoms with E-state index in [1.54, 1.807) is 24.3 Å². The molecule has 3 aromatic carbocycles. The standard InChI is InChI=1S/C18H17N3O2S/c19-13-1-5-15(6-2-13)21(16-7-3-14(20)4-8-16)17-9-11-18(12-10-17)24(22)23/h1-12H,19-20H2,(H,22,23). The number of benzene rings is 3. The molecule has 5 N–H and O–H groups in total. The van der Waals surface area contributed by atoms with Crippen molar-refractivity contribution in [1.29, 1.82) is 0 Å². The molecule has 0 saturated heterocycles. The van der Waals surface area contributed by atoms with E-state index in [0.29, 0.717) is 16.3 Å². The number of hydrogen-bond donors (Lipinski definition) is 3. The van der Waals surface area contributed by atoms with E-state index in [4.69, 9.17) is 11.5 Å². The van der Waals surface area contributed by atoms with E-state index in [1.807, 2.05) is 53.4 Å². The van der Waals surface area contributed by atoms with Crippen molar-refractivity contribution in [2.75, 3.05) is 16.4 Å². The quantitative estimate of drug-likeness (QED) is 0.495. The molecule has 122 valence electrons. The summed E-state index contributed by atoms with van der Waals surface area (Å²) in [5.41, 5.74) is 15.6. The third kappa shape index (κ3) is 3.40. The van der Waals surface area contributed by atoms with Gasteiger partial charge >= 0.3 is 0 Å². The molecule has 3 aromatic rings. The van der Waals surface area contributed by atoms with Gasteiger partial charge in [-0.2, -0.15) is 0 Å². The fourth-order valence-electron chi connectivity index (χ4n) is 2.41. The zero-order valence-corrected chi connectivity index (χ0v) is 13.6. The minimum Gasteiger partial charge on any atom is -0.399 e. The van der Waals surface area contributed by atoms with Crippen LogP contribution < -0.4 is 16.4 Å².